The van der Waals surface area contributed by atoms with E-state index < -0.39 is 14.9 Å². The van der Waals surface area contributed by atoms with Crippen LogP contribution in [0.25, 0.3) is 0 Å². The van der Waals surface area contributed by atoms with Gasteiger partial charge in [-0.15, -0.1) is 0 Å². The summed E-state index contributed by atoms with van der Waals surface area (Å²) in [5, 5.41) is 14.2. The summed E-state index contributed by atoms with van der Waals surface area (Å²) in [6.45, 7) is 3.21. The molecule has 1 heterocycles. The van der Waals surface area contributed by atoms with Gasteiger partial charge in [-0.25, -0.2) is 8.42 Å². The number of sulfonamides is 1. The minimum absolute atomic E-state index is 0.0162. The van der Waals surface area contributed by atoms with Gasteiger partial charge in [-0.05, 0) is 18.4 Å². The maximum Gasteiger partial charge on any atom is 0.292 e. The first-order valence-electron chi connectivity index (χ1n) is 6.93. The Labute approximate surface area is 124 Å². The third-order valence-electron chi connectivity index (χ3n) is 3.43. The van der Waals surface area contributed by atoms with Crippen molar-refractivity contribution >= 4 is 21.4 Å². The lowest BCUT2D eigenvalue weighted by Crippen LogP contribution is -2.25. The van der Waals surface area contributed by atoms with Crippen molar-refractivity contribution in [1.82, 2.24) is 4.31 Å². The second-order valence-corrected chi connectivity index (χ2v) is 7.09. The summed E-state index contributed by atoms with van der Waals surface area (Å²) in [5.74, 6) is 0.152. The zero-order valence-electron chi connectivity index (χ0n) is 11.9. The molecule has 1 aliphatic rings. The van der Waals surface area contributed by atoms with Gasteiger partial charge in [-0.3, -0.25) is 10.1 Å². The lowest BCUT2D eigenvalue weighted by Gasteiger charge is -2.17. The van der Waals surface area contributed by atoms with E-state index in [2.05, 4.69) is 5.32 Å². The van der Waals surface area contributed by atoms with Gasteiger partial charge in [-0.1, -0.05) is 19.1 Å². The highest BCUT2D eigenvalue weighted by Crippen LogP contribution is 2.30. The number of nitrogens with zero attached hydrogens (tertiary/aromatic N) is 2. The molecule has 116 valence electrons. The highest BCUT2D eigenvalue weighted by Gasteiger charge is 2.29. The van der Waals surface area contributed by atoms with E-state index in [1.54, 1.807) is 12.1 Å². The SMILES string of the molecule is CCCNc1c(CN2CCCS2(=O)=O)cccc1[N+](=O)[O-]. The average Bonchev–Trinajstić information content (AvgIpc) is 2.76. The minimum Gasteiger partial charge on any atom is -0.379 e. The Hall–Kier alpha value is -1.67. The van der Waals surface area contributed by atoms with Crippen LogP contribution in [0.2, 0.25) is 0 Å². The molecular weight excluding hydrogens is 294 g/mol. The Bertz CT molecular complexity index is 630. The van der Waals surface area contributed by atoms with Crippen LogP contribution in [-0.4, -0.2) is 36.5 Å². The summed E-state index contributed by atoms with van der Waals surface area (Å²) in [6, 6.07) is 4.76. The number of benzene rings is 1. The van der Waals surface area contributed by atoms with Gasteiger partial charge < -0.3 is 5.32 Å². The first-order chi connectivity index (χ1) is 9.95. The van der Waals surface area contributed by atoms with Gasteiger partial charge >= 0.3 is 0 Å². The Kier molecular flexibility index (Phi) is 4.79. The predicted molar refractivity (Wildman–Crippen MR) is 80.7 cm³/mol. The van der Waals surface area contributed by atoms with Crippen molar-refractivity contribution in [1.29, 1.82) is 0 Å². The molecule has 0 atom stereocenters. The summed E-state index contributed by atoms with van der Waals surface area (Å²) in [7, 11) is -3.22. The van der Waals surface area contributed by atoms with Gasteiger partial charge in [0, 0.05) is 25.7 Å². The molecule has 0 radical (unpaired) electrons. The molecule has 0 aromatic heterocycles. The number of para-hydroxylation sites is 1. The van der Waals surface area contributed by atoms with Crippen LogP contribution < -0.4 is 5.32 Å². The minimum atomic E-state index is -3.22. The molecule has 7 nitrogen and oxygen atoms in total. The van der Waals surface area contributed by atoms with Crippen molar-refractivity contribution in [2.45, 2.75) is 26.3 Å². The molecule has 0 spiro atoms. The smallest absolute Gasteiger partial charge is 0.292 e. The maximum absolute atomic E-state index is 11.9. The Morgan fingerprint density at radius 1 is 1.43 bits per heavy atom. The van der Waals surface area contributed by atoms with Gasteiger partial charge in [0.15, 0.2) is 0 Å². The zero-order chi connectivity index (χ0) is 15.5. The molecule has 1 aromatic rings. The van der Waals surface area contributed by atoms with Crippen LogP contribution in [0.15, 0.2) is 18.2 Å². The van der Waals surface area contributed by atoms with E-state index in [0.717, 1.165) is 6.42 Å². The molecule has 2 rings (SSSR count). The second kappa shape index (κ2) is 6.40. The summed E-state index contributed by atoms with van der Waals surface area (Å²) in [4.78, 5) is 10.7. The maximum atomic E-state index is 11.9. The molecule has 21 heavy (non-hydrogen) atoms. The van der Waals surface area contributed by atoms with Crippen LogP contribution >= 0.6 is 0 Å². The quantitative estimate of drug-likeness (QED) is 0.640. The number of nitro benzene ring substituents is 1. The molecule has 0 amide bonds. The molecule has 1 saturated heterocycles. The molecule has 8 heteroatoms. The van der Waals surface area contributed by atoms with Crippen LogP contribution in [0, 0.1) is 10.1 Å². The number of nitrogens with one attached hydrogen (secondary N) is 1. The van der Waals surface area contributed by atoms with Crippen molar-refractivity contribution in [3.8, 4) is 0 Å². The summed E-state index contributed by atoms with van der Waals surface area (Å²) in [5.41, 5.74) is 1.05. The number of hydrogen-bond donors (Lipinski definition) is 1. The molecule has 0 bridgehead atoms. The fourth-order valence-electron chi connectivity index (χ4n) is 2.38. The van der Waals surface area contributed by atoms with E-state index in [1.807, 2.05) is 6.92 Å². The van der Waals surface area contributed by atoms with Gasteiger partial charge in [-0.2, -0.15) is 4.31 Å². The summed E-state index contributed by atoms with van der Waals surface area (Å²) in [6.07, 6.45) is 1.43. The number of hydrogen-bond acceptors (Lipinski definition) is 5. The highest BCUT2D eigenvalue weighted by atomic mass is 32.2. The van der Waals surface area contributed by atoms with Crippen molar-refractivity contribution in [3.05, 3.63) is 33.9 Å². The third kappa shape index (κ3) is 3.51. The van der Waals surface area contributed by atoms with E-state index in [1.165, 1.54) is 10.4 Å². The predicted octanol–water partition coefficient (Wildman–Crippen LogP) is 1.95. The average molecular weight is 313 g/mol. The molecule has 0 aliphatic carbocycles. The standard InChI is InChI=1S/C13H19N3O4S/c1-2-7-14-13-11(5-3-6-12(13)16(17)18)10-15-8-4-9-21(15,19)20/h3,5-6,14H,2,4,7-10H2,1H3. The van der Waals surface area contributed by atoms with Gasteiger partial charge in [0.25, 0.3) is 5.69 Å². The van der Waals surface area contributed by atoms with Crippen molar-refractivity contribution in [2.24, 2.45) is 0 Å². The number of anilines is 1. The van der Waals surface area contributed by atoms with E-state index in [-0.39, 0.29) is 18.0 Å². The molecular formula is C13H19N3O4S. The molecule has 0 saturated carbocycles. The Balaban J connectivity index is 2.33. The van der Waals surface area contributed by atoms with E-state index in [0.29, 0.717) is 30.8 Å². The summed E-state index contributed by atoms with van der Waals surface area (Å²) >= 11 is 0. The van der Waals surface area contributed by atoms with Crippen molar-refractivity contribution in [3.63, 3.8) is 0 Å². The monoisotopic (exact) mass is 313 g/mol. The Morgan fingerprint density at radius 2 is 2.19 bits per heavy atom. The number of rotatable bonds is 6. The first kappa shape index (κ1) is 15.7. The van der Waals surface area contributed by atoms with Gasteiger partial charge in [0.05, 0.1) is 10.7 Å². The lowest BCUT2D eigenvalue weighted by atomic mass is 10.1. The van der Waals surface area contributed by atoms with Crippen LogP contribution in [-0.2, 0) is 16.6 Å². The summed E-state index contributed by atoms with van der Waals surface area (Å²) < 4.78 is 25.2. The van der Waals surface area contributed by atoms with Crippen molar-refractivity contribution < 1.29 is 13.3 Å². The van der Waals surface area contributed by atoms with Crippen LogP contribution in [0.4, 0.5) is 11.4 Å². The largest absolute Gasteiger partial charge is 0.379 e. The first-order valence-corrected chi connectivity index (χ1v) is 8.54. The fraction of sp³-hybridized carbons (Fsp3) is 0.538. The second-order valence-electron chi connectivity index (χ2n) is 5.00. The van der Waals surface area contributed by atoms with Crippen LogP contribution in [0.1, 0.15) is 25.3 Å². The van der Waals surface area contributed by atoms with Crippen LogP contribution in [0.3, 0.4) is 0 Å². The molecule has 0 unspecified atom stereocenters. The topological polar surface area (TPSA) is 92.6 Å². The van der Waals surface area contributed by atoms with E-state index in [4.69, 9.17) is 0 Å². The third-order valence-corrected chi connectivity index (χ3v) is 5.33. The van der Waals surface area contributed by atoms with Gasteiger partial charge in [0.1, 0.15) is 5.69 Å². The van der Waals surface area contributed by atoms with Crippen LogP contribution in [0.5, 0.6) is 0 Å². The number of nitro groups is 1. The highest BCUT2D eigenvalue weighted by molar-refractivity contribution is 7.89. The molecule has 1 N–H and O–H groups in total. The Morgan fingerprint density at radius 3 is 2.76 bits per heavy atom. The van der Waals surface area contributed by atoms with E-state index >= 15 is 0 Å². The van der Waals surface area contributed by atoms with Crippen molar-refractivity contribution in [2.75, 3.05) is 24.2 Å². The molecule has 1 aromatic carbocycles. The van der Waals surface area contributed by atoms with Gasteiger partial charge in [0.2, 0.25) is 10.0 Å². The normalized spacial score (nSPS) is 17.8. The molecule has 1 fully saturated rings. The van der Waals surface area contributed by atoms with E-state index in [9.17, 15) is 18.5 Å². The fourth-order valence-corrected chi connectivity index (χ4v) is 3.88. The zero-order valence-corrected chi connectivity index (χ0v) is 12.7. The molecule has 1 aliphatic heterocycles. The lowest BCUT2D eigenvalue weighted by molar-refractivity contribution is -0.384.